The van der Waals surface area contributed by atoms with Crippen molar-refractivity contribution in [2.45, 2.75) is 26.3 Å². The van der Waals surface area contributed by atoms with E-state index in [1.165, 1.54) is 67.6 Å². The number of pyridine rings is 1. The Morgan fingerprint density at radius 1 is 0.962 bits per heavy atom. The average molecular weight is 348 g/mol. The van der Waals surface area contributed by atoms with Crippen LogP contribution < -0.4 is 0 Å². The maximum absolute atomic E-state index is 4.38. The molecule has 1 fully saturated rings. The van der Waals surface area contributed by atoms with Crippen LogP contribution in [0.15, 0.2) is 48.8 Å². The fourth-order valence-electron chi connectivity index (χ4n) is 3.81. The molecule has 4 nitrogen and oxygen atoms in total. The summed E-state index contributed by atoms with van der Waals surface area (Å²) in [5, 5.41) is 1.18. The Balaban J connectivity index is 1.39. The van der Waals surface area contributed by atoms with E-state index in [0.717, 1.165) is 12.2 Å². The minimum atomic E-state index is 0.951. The van der Waals surface area contributed by atoms with E-state index in [4.69, 9.17) is 0 Å². The van der Waals surface area contributed by atoms with Crippen LogP contribution in [0, 0.1) is 0 Å². The summed E-state index contributed by atoms with van der Waals surface area (Å²) in [5.74, 6) is 0. The quantitative estimate of drug-likeness (QED) is 0.727. The van der Waals surface area contributed by atoms with Crippen LogP contribution in [0.1, 0.15) is 25.3 Å². The lowest BCUT2D eigenvalue weighted by molar-refractivity contribution is 0.126. The van der Waals surface area contributed by atoms with Crippen molar-refractivity contribution in [3.8, 4) is 11.1 Å². The van der Waals surface area contributed by atoms with Gasteiger partial charge in [0.2, 0.25) is 0 Å². The van der Waals surface area contributed by atoms with Gasteiger partial charge < -0.3 is 9.88 Å². The average Bonchev–Trinajstić information content (AvgIpc) is 3.17. The van der Waals surface area contributed by atoms with Crippen LogP contribution >= 0.6 is 0 Å². The molecule has 0 saturated carbocycles. The molecule has 1 N–H and O–H groups in total. The van der Waals surface area contributed by atoms with Crippen LogP contribution in [-0.4, -0.2) is 52.5 Å². The lowest BCUT2D eigenvalue weighted by atomic mass is 10.0. The van der Waals surface area contributed by atoms with Gasteiger partial charge >= 0.3 is 0 Å². The van der Waals surface area contributed by atoms with Crippen molar-refractivity contribution in [3.05, 3.63) is 54.4 Å². The number of aromatic amines is 1. The lowest BCUT2D eigenvalue weighted by Gasteiger charge is -2.34. The van der Waals surface area contributed by atoms with Gasteiger partial charge in [-0.1, -0.05) is 37.6 Å². The predicted molar refractivity (Wildman–Crippen MR) is 108 cm³/mol. The monoisotopic (exact) mass is 348 g/mol. The Morgan fingerprint density at radius 3 is 2.50 bits per heavy atom. The first-order valence-corrected chi connectivity index (χ1v) is 9.79. The first-order valence-electron chi connectivity index (χ1n) is 9.79. The number of rotatable bonds is 6. The molecular weight excluding hydrogens is 320 g/mol. The van der Waals surface area contributed by atoms with Crippen molar-refractivity contribution in [1.29, 1.82) is 0 Å². The second kappa shape index (κ2) is 8.02. The van der Waals surface area contributed by atoms with Crippen molar-refractivity contribution >= 4 is 11.0 Å². The molecule has 0 bridgehead atoms. The van der Waals surface area contributed by atoms with Gasteiger partial charge in [0.25, 0.3) is 0 Å². The minimum absolute atomic E-state index is 0.951. The van der Waals surface area contributed by atoms with Gasteiger partial charge in [-0.25, -0.2) is 4.98 Å². The number of aromatic nitrogens is 2. The Morgan fingerprint density at radius 2 is 1.73 bits per heavy atom. The van der Waals surface area contributed by atoms with E-state index < -0.39 is 0 Å². The number of nitrogens with one attached hydrogen (secondary N) is 1. The summed E-state index contributed by atoms with van der Waals surface area (Å²) in [7, 11) is 0. The van der Waals surface area contributed by atoms with Crippen molar-refractivity contribution in [2.24, 2.45) is 0 Å². The maximum atomic E-state index is 4.38. The molecule has 2 aromatic heterocycles. The third kappa shape index (κ3) is 3.81. The summed E-state index contributed by atoms with van der Waals surface area (Å²) in [6.07, 6.45) is 6.44. The maximum Gasteiger partial charge on any atom is 0.137 e. The number of H-pyrrole nitrogens is 1. The molecule has 0 spiro atoms. The third-order valence-electron chi connectivity index (χ3n) is 5.42. The Hall–Kier alpha value is -2.17. The van der Waals surface area contributed by atoms with E-state index in [1.54, 1.807) is 0 Å². The second-order valence-electron chi connectivity index (χ2n) is 7.27. The van der Waals surface area contributed by atoms with Crippen molar-refractivity contribution in [3.63, 3.8) is 0 Å². The van der Waals surface area contributed by atoms with Gasteiger partial charge in [-0.15, -0.1) is 0 Å². The first kappa shape index (κ1) is 17.3. The largest absolute Gasteiger partial charge is 0.346 e. The van der Waals surface area contributed by atoms with Crippen LogP contribution in [-0.2, 0) is 6.54 Å². The van der Waals surface area contributed by atoms with Crippen LogP contribution in [0.3, 0.4) is 0 Å². The summed E-state index contributed by atoms with van der Waals surface area (Å²) < 4.78 is 0. The highest BCUT2D eigenvalue weighted by Gasteiger charge is 2.16. The van der Waals surface area contributed by atoms with E-state index in [0.29, 0.717) is 0 Å². The topological polar surface area (TPSA) is 35.2 Å². The molecule has 0 amide bonds. The zero-order valence-electron chi connectivity index (χ0n) is 15.6. The Labute approximate surface area is 155 Å². The number of fused-ring (bicyclic) bond motifs is 1. The van der Waals surface area contributed by atoms with Gasteiger partial charge in [0, 0.05) is 50.5 Å². The molecule has 1 aliphatic rings. The van der Waals surface area contributed by atoms with Crippen LogP contribution in [0.25, 0.3) is 22.2 Å². The summed E-state index contributed by atoms with van der Waals surface area (Å²) in [5.41, 5.74) is 4.85. The fourth-order valence-corrected chi connectivity index (χ4v) is 3.81. The highest BCUT2D eigenvalue weighted by atomic mass is 15.3. The molecule has 0 radical (unpaired) electrons. The normalized spacial score (nSPS) is 16.3. The molecule has 1 saturated heterocycles. The molecule has 4 rings (SSSR count). The molecule has 1 aliphatic heterocycles. The minimum Gasteiger partial charge on any atom is -0.346 e. The molecule has 1 aromatic carbocycles. The van der Waals surface area contributed by atoms with Crippen LogP contribution in [0.4, 0.5) is 0 Å². The summed E-state index contributed by atoms with van der Waals surface area (Å²) in [4.78, 5) is 12.8. The van der Waals surface area contributed by atoms with Crippen molar-refractivity contribution < 1.29 is 0 Å². The standard InChI is InChI=1S/C22H28N4/c1-2-3-12-25-13-15-26(16-14-25)17-18-4-6-19(7-5-18)20-8-10-23-22-21(20)9-11-24-22/h4-11H,2-3,12-17H2,1H3,(H,23,24). The van der Waals surface area contributed by atoms with Crippen molar-refractivity contribution in [1.82, 2.24) is 19.8 Å². The van der Waals surface area contributed by atoms with Gasteiger partial charge in [-0.05, 0) is 41.8 Å². The SMILES string of the molecule is CCCCN1CCN(Cc2ccc(-c3ccnc4[nH]ccc34)cc2)CC1. The number of benzene rings is 1. The van der Waals surface area contributed by atoms with Crippen LogP contribution in [0.5, 0.6) is 0 Å². The highest BCUT2D eigenvalue weighted by molar-refractivity contribution is 5.92. The number of hydrogen-bond acceptors (Lipinski definition) is 3. The Kier molecular flexibility index (Phi) is 5.32. The van der Waals surface area contributed by atoms with Gasteiger partial charge in [0.05, 0.1) is 0 Å². The number of hydrogen-bond donors (Lipinski definition) is 1. The molecule has 3 heterocycles. The Bertz CT molecular complexity index is 829. The highest BCUT2D eigenvalue weighted by Crippen LogP contribution is 2.27. The van der Waals surface area contributed by atoms with E-state index in [9.17, 15) is 0 Å². The molecular formula is C22H28N4. The summed E-state index contributed by atoms with van der Waals surface area (Å²) in [6, 6.07) is 13.2. The summed E-state index contributed by atoms with van der Waals surface area (Å²) >= 11 is 0. The molecule has 0 atom stereocenters. The smallest absolute Gasteiger partial charge is 0.137 e. The molecule has 4 heteroatoms. The van der Waals surface area contributed by atoms with Gasteiger partial charge in [0.1, 0.15) is 5.65 Å². The van der Waals surface area contributed by atoms with E-state index in [1.807, 2.05) is 12.4 Å². The molecule has 136 valence electrons. The number of unbranched alkanes of at least 4 members (excludes halogenated alkanes) is 1. The van der Waals surface area contributed by atoms with E-state index in [2.05, 4.69) is 63.1 Å². The van der Waals surface area contributed by atoms with E-state index >= 15 is 0 Å². The lowest BCUT2D eigenvalue weighted by Crippen LogP contribution is -2.46. The van der Waals surface area contributed by atoms with Crippen molar-refractivity contribution in [2.75, 3.05) is 32.7 Å². The fraction of sp³-hybridized carbons (Fsp3) is 0.409. The zero-order valence-corrected chi connectivity index (χ0v) is 15.6. The third-order valence-corrected chi connectivity index (χ3v) is 5.42. The molecule has 3 aromatic rings. The summed E-state index contributed by atoms with van der Waals surface area (Å²) in [6.45, 7) is 9.37. The van der Waals surface area contributed by atoms with Gasteiger partial charge in [-0.2, -0.15) is 0 Å². The molecule has 26 heavy (non-hydrogen) atoms. The predicted octanol–water partition coefficient (Wildman–Crippen LogP) is 4.15. The molecule has 0 unspecified atom stereocenters. The van der Waals surface area contributed by atoms with E-state index in [-0.39, 0.29) is 0 Å². The second-order valence-corrected chi connectivity index (χ2v) is 7.27. The molecule has 0 aliphatic carbocycles. The van der Waals surface area contributed by atoms with Gasteiger partial charge in [-0.3, -0.25) is 4.90 Å². The number of nitrogens with zero attached hydrogens (tertiary/aromatic N) is 3. The first-order chi connectivity index (χ1) is 12.8. The zero-order chi connectivity index (χ0) is 17.8. The number of piperazine rings is 1. The van der Waals surface area contributed by atoms with Gasteiger partial charge in [0.15, 0.2) is 0 Å². The van der Waals surface area contributed by atoms with Crippen LogP contribution in [0.2, 0.25) is 0 Å².